The minimum absolute atomic E-state index is 0.235. The minimum Gasteiger partial charge on any atom is -0.398 e. The second-order valence-electron chi connectivity index (χ2n) is 4.05. The Bertz CT molecular complexity index is 483. The maximum absolute atomic E-state index is 13.2. The van der Waals surface area contributed by atoms with E-state index in [4.69, 9.17) is 5.73 Å². The first-order chi connectivity index (χ1) is 7.58. The van der Waals surface area contributed by atoms with Crippen molar-refractivity contribution in [2.75, 3.05) is 5.73 Å². The monoisotopic (exact) mass is 215 g/mol. The lowest BCUT2D eigenvalue weighted by Crippen LogP contribution is -1.93. The summed E-state index contributed by atoms with van der Waals surface area (Å²) in [6, 6.07) is 10.6. The van der Waals surface area contributed by atoms with Gasteiger partial charge in [-0.3, -0.25) is 0 Å². The molecule has 1 nitrogen and oxygen atoms in total. The van der Waals surface area contributed by atoms with Gasteiger partial charge in [0.25, 0.3) is 0 Å². The molecule has 2 aromatic rings. The number of aryl methyl sites for hydroxylation is 2. The standard InChI is InChI=1S/C14H14FN/c1-9-3-6-14(16)13(7-9)12-8-11(15)5-4-10(12)2/h3-8H,16H2,1-2H3. The predicted molar refractivity (Wildman–Crippen MR) is 65.7 cm³/mol. The molecular weight excluding hydrogens is 201 g/mol. The van der Waals surface area contributed by atoms with Crippen LogP contribution in [0.2, 0.25) is 0 Å². The average Bonchev–Trinajstić information content (AvgIpc) is 2.25. The Morgan fingerprint density at radius 3 is 2.44 bits per heavy atom. The quantitative estimate of drug-likeness (QED) is 0.721. The van der Waals surface area contributed by atoms with Gasteiger partial charge in [0.1, 0.15) is 5.82 Å². The first-order valence-corrected chi connectivity index (χ1v) is 5.20. The van der Waals surface area contributed by atoms with Crippen LogP contribution < -0.4 is 5.73 Å². The SMILES string of the molecule is Cc1ccc(N)c(-c2cc(F)ccc2C)c1. The summed E-state index contributed by atoms with van der Waals surface area (Å²) in [6.07, 6.45) is 0. The lowest BCUT2D eigenvalue weighted by molar-refractivity contribution is 0.628. The van der Waals surface area contributed by atoms with Gasteiger partial charge in [-0.25, -0.2) is 4.39 Å². The Morgan fingerprint density at radius 2 is 1.69 bits per heavy atom. The van der Waals surface area contributed by atoms with Crippen LogP contribution in [0.15, 0.2) is 36.4 Å². The molecule has 2 heteroatoms. The second kappa shape index (κ2) is 3.97. The van der Waals surface area contributed by atoms with E-state index in [2.05, 4.69) is 0 Å². The fraction of sp³-hybridized carbons (Fsp3) is 0.143. The summed E-state index contributed by atoms with van der Waals surface area (Å²) in [6.45, 7) is 3.95. The Balaban J connectivity index is 2.66. The van der Waals surface area contributed by atoms with E-state index in [9.17, 15) is 4.39 Å². The minimum atomic E-state index is -0.235. The molecule has 0 aliphatic rings. The van der Waals surface area contributed by atoms with Crippen molar-refractivity contribution in [2.45, 2.75) is 13.8 Å². The molecule has 2 N–H and O–H groups in total. The summed E-state index contributed by atoms with van der Waals surface area (Å²) >= 11 is 0. The zero-order valence-electron chi connectivity index (χ0n) is 9.42. The van der Waals surface area contributed by atoms with Gasteiger partial charge in [-0.15, -0.1) is 0 Å². The summed E-state index contributed by atoms with van der Waals surface area (Å²) in [7, 11) is 0. The molecule has 0 unspecified atom stereocenters. The predicted octanol–water partition coefficient (Wildman–Crippen LogP) is 3.69. The smallest absolute Gasteiger partial charge is 0.123 e. The van der Waals surface area contributed by atoms with Gasteiger partial charge in [0.05, 0.1) is 0 Å². The van der Waals surface area contributed by atoms with Crippen LogP contribution in [0.3, 0.4) is 0 Å². The van der Waals surface area contributed by atoms with Gasteiger partial charge < -0.3 is 5.73 Å². The van der Waals surface area contributed by atoms with Crippen molar-refractivity contribution in [1.29, 1.82) is 0 Å². The van der Waals surface area contributed by atoms with E-state index >= 15 is 0 Å². The normalized spacial score (nSPS) is 10.4. The van der Waals surface area contributed by atoms with Crippen LogP contribution in [0.25, 0.3) is 11.1 Å². The van der Waals surface area contributed by atoms with E-state index in [0.717, 1.165) is 22.3 Å². The van der Waals surface area contributed by atoms with E-state index in [-0.39, 0.29) is 5.82 Å². The van der Waals surface area contributed by atoms with Crippen LogP contribution in [0.4, 0.5) is 10.1 Å². The van der Waals surface area contributed by atoms with Gasteiger partial charge in [-0.05, 0) is 49.2 Å². The number of benzene rings is 2. The molecule has 0 amide bonds. The van der Waals surface area contributed by atoms with E-state index in [1.54, 1.807) is 6.07 Å². The van der Waals surface area contributed by atoms with Crippen LogP contribution in [0.1, 0.15) is 11.1 Å². The third-order valence-electron chi connectivity index (χ3n) is 2.70. The highest BCUT2D eigenvalue weighted by Crippen LogP contribution is 2.30. The van der Waals surface area contributed by atoms with E-state index in [0.29, 0.717) is 5.69 Å². The Hall–Kier alpha value is -1.83. The van der Waals surface area contributed by atoms with Crippen LogP contribution in [-0.4, -0.2) is 0 Å². The van der Waals surface area contributed by atoms with Crippen molar-refractivity contribution >= 4 is 5.69 Å². The molecule has 0 saturated carbocycles. The van der Waals surface area contributed by atoms with Crippen molar-refractivity contribution in [3.8, 4) is 11.1 Å². The van der Waals surface area contributed by atoms with Gasteiger partial charge in [-0.1, -0.05) is 17.7 Å². The number of halogens is 1. The number of hydrogen-bond donors (Lipinski definition) is 1. The molecule has 0 atom stereocenters. The number of anilines is 1. The molecule has 2 rings (SSSR count). The first-order valence-electron chi connectivity index (χ1n) is 5.20. The Kier molecular flexibility index (Phi) is 2.65. The summed E-state index contributed by atoms with van der Waals surface area (Å²) in [4.78, 5) is 0. The molecule has 0 aliphatic heterocycles. The first kappa shape index (κ1) is 10.7. The molecule has 16 heavy (non-hydrogen) atoms. The molecule has 0 saturated heterocycles. The lowest BCUT2D eigenvalue weighted by Gasteiger charge is -2.10. The van der Waals surface area contributed by atoms with Gasteiger partial charge in [0.2, 0.25) is 0 Å². The van der Waals surface area contributed by atoms with Gasteiger partial charge in [0, 0.05) is 11.3 Å². The third-order valence-corrected chi connectivity index (χ3v) is 2.70. The maximum atomic E-state index is 13.2. The van der Waals surface area contributed by atoms with Crippen molar-refractivity contribution in [1.82, 2.24) is 0 Å². The number of hydrogen-bond acceptors (Lipinski definition) is 1. The average molecular weight is 215 g/mol. The summed E-state index contributed by atoms with van der Waals surface area (Å²) in [5.74, 6) is -0.235. The molecule has 0 fully saturated rings. The molecule has 0 aliphatic carbocycles. The van der Waals surface area contributed by atoms with Crippen molar-refractivity contribution in [2.24, 2.45) is 0 Å². The van der Waals surface area contributed by atoms with Crippen LogP contribution >= 0.6 is 0 Å². The van der Waals surface area contributed by atoms with Crippen LogP contribution in [-0.2, 0) is 0 Å². The summed E-state index contributed by atoms with van der Waals surface area (Å²) in [5, 5.41) is 0. The van der Waals surface area contributed by atoms with Crippen molar-refractivity contribution in [3.05, 3.63) is 53.3 Å². The van der Waals surface area contributed by atoms with Gasteiger partial charge in [-0.2, -0.15) is 0 Å². The lowest BCUT2D eigenvalue weighted by atomic mass is 9.97. The van der Waals surface area contributed by atoms with Gasteiger partial charge in [0.15, 0.2) is 0 Å². The van der Waals surface area contributed by atoms with Crippen LogP contribution in [0.5, 0.6) is 0 Å². The highest BCUT2D eigenvalue weighted by Gasteiger charge is 2.07. The fourth-order valence-electron chi connectivity index (χ4n) is 1.79. The van der Waals surface area contributed by atoms with Gasteiger partial charge >= 0.3 is 0 Å². The van der Waals surface area contributed by atoms with E-state index < -0.39 is 0 Å². The van der Waals surface area contributed by atoms with Crippen LogP contribution in [0, 0.1) is 19.7 Å². The van der Waals surface area contributed by atoms with E-state index in [1.165, 1.54) is 12.1 Å². The number of nitrogens with two attached hydrogens (primary N) is 1. The van der Waals surface area contributed by atoms with Crippen molar-refractivity contribution in [3.63, 3.8) is 0 Å². The molecule has 0 bridgehead atoms. The summed E-state index contributed by atoms with van der Waals surface area (Å²) < 4.78 is 13.2. The second-order valence-corrected chi connectivity index (χ2v) is 4.05. The molecular formula is C14H14FN. The zero-order valence-corrected chi connectivity index (χ0v) is 9.42. The summed E-state index contributed by atoms with van der Waals surface area (Å²) in [5.41, 5.74) is 10.5. The Morgan fingerprint density at radius 1 is 0.938 bits per heavy atom. The topological polar surface area (TPSA) is 26.0 Å². The third kappa shape index (κ3) is 1.91. The zero-order chi connectivity index (χ0) is 11.7. The highest BCUT2D eigenvalue weighted by molar-refractivity contribution is 5.78. The molecule has 82 valence electrons. The molecule has 0 radical (unpaired) electrons. The fourth-order valence-corrected chi connectivity index (χ4v) is 1.79. The number of rotatable bonds is 1. The molecule has 0 aromatic heterocycles. The number of nitrogen functional groups attached to an aromatic ring is 1. The van der Waals surface area contributed by atoms with E-state index in [1.807, 2.05) is 32.0 Å². The highest BCUT2D eigenvalue weighted by atomic mass is 19.1. The van der Waals surface area contributed by atoms with Crippen molar-refractivity contribution < 1.29 is 4.39 Å². The molecule has 0 spiro atoms. The molecule has 2 aromatic carbocycles. The maximum Gasteiger partial charge on any atom is 0.123 e. The Labute approximate surface area is 94.7 Å². The largest absolute Gasteiger partial charge is 0.398 e. The molecule has 0 heterocycles.